The lowest BCUT2D eigenvalue weighted by Gasteiger charge is -2.12. The standard InChI is InChI=1S/C12H10BrNO2/c13-10-6-7-11(12(8-10)14(15)16)9-4-2-1-3-5-9/h1-5,8H,6-7H2. The maximum atomic E-state index is 11.0. The summed E-state index contributed by atoms with van der Waals surface area (Å²) in [6.45, 7) is 0. The monoisotopic (exact) mass is 279 g/mol. The highest BCUT2D eigenvalue weighted by Gasteiger charge is 2.22. The van der Waals surface area contributed by atoms with Crippen LogP contribution in [0.4, 0.5) is 0 Å². The zero-order valence-electron chi connectivity index (χ0n) is 8.52. The molecule has 0 amide bonds. The van der Waals surface area contributed by atoms with E-state index < -0.39 is 0 Å². The van der Waals surface area contributed by atoms with Crippen LogP contribution in [0.15, 0.2) is 46.6 Å². The minimum Gasteiger partial charge on any atom is -0.258 e. The summed E-state index contributed by atoms with van der Waals surface area (Å²) in [6, 6.07) is 9.52. The predicted octanol–water partition coefficient (Wildman–Crippen LogP) is 3.75. The fourth-order valence-electron chi connectivity index (χ4n) is 1.77. The van der Waals surface area contributed by atoms with Gasteiger partial charge in [0.1, 0.15) is 0 Å². The Morgan fingerprint density at radius 3 is 2.50 bits per heavy atom. The molecule has 0 atom stereocenters. The fourth-order valence-corrected chi connectivity index (χ4v) is 2.19. The second-order valence-corrected chi connectivity index (χ2v) is 4.60. The summed E-state index contributed by atoms with van der Waals surface area (Å²) in [4.78, 5) is 10.6. The Morgan fingerprint density at radius 1 is 1.19 bits per heavy atom. The summed E-state index contributed by atoms with van der Waals surface area (Å²) in [5, 5.41) is 11.0. The molecule has 0 unspecified atom stereocenters. The molecule has 0 aliphatic heterocycles. The van der Waals surface area contributed by atoms with Crippen molar-refractivity contribution in [3.8, 4) is 0 Å². The predicted molar refractivity (Wildman–Crippen MR) is 66.6 cm³/mol. The normalized spacial score (nSPS) is 15.9. The lowest BCUT2D eigenvalue weighted by molar-refractivity contribution is -0.418. The molecule has 0 fully saturated rings. The van der Waals surface area contributed by atoms with E-state index in [1.807, 2.05) is 30.3 Å². The van der Waals surface area contributed by atoms with Gasteiger partial charge in [-0.05, 0) is 18.4 Å². The smallest absolute Gasteiger partial charge is 0.258 e. The number of hydrogen-bond acceptors (Lipinski definition) is 2. The van der Waals surface area contributed by atoms with Crippen molar-refractivity contribution in [2.75, 3.05) is 0 Å². The molecular weight excluding hydrogens is 270 g/mol. The van der Waals surface area contributed by atoms with Crippen molar-refractivity contribution in [2.45, 2.75) is 12.8 Å². The number of nitrogens with zero attached hydrogens (tertiary/aromatic N) is 1. The minimum absolute atomic E-state index is 0.198. The molecule has 3 nitrogen and oxygen atoms in total. The molecule has 4 heteroatoms. The zero-order valence-corrected chi connectivity index (χ0v) is 10.1. The van der Waals surface area contributed by atoms with Crippen LogP contribution in [0.3, 0.4) is 0 Å². The van der Waals surface area contributed by atoms with Crippen LogP contribution >= 0.6 is 15.9 Å². The van der Waals surface area contributed by atoms with E-state index in [4.69, 9.17) is 0 Å². The maximum Gasteiger partial charge on any atom is 0.273 e. The molecule has 82 valence electrons. The third-order valence-electron chi connectivity index (χ3n) is 2.54. The van der Waals surface area contributed by atoms with Crippen LogP contribution in [0, 0.1) is 10.1 Å². The van der Waals surface area contributed by atoms with E-state index in [1.165, 1.54) is 0 Å². The molecule has 0 heterocycles. The van der Waals surface area contributed by atoms with Crippen LogP contribution in [0.1, 0.15) is 18.4 Å². The zero-order chi connectivity index (χ0) is 11.5. The van der Waals surface area contributed by atoms with Gasteiger partial charge in [-0.1, -0.05) is 46.3 Å². The van der Waals surface area contributed by atoms with Gasteiger partial charge in [0.05, 0.1) is 4.92 Å². The van der Waals surface area contributed by atoms with Crippen LogP contribution in [0.2, 0.25) is 0 Å². The molecule has 0 radical (unpaired) electrons. The second-order valence-electron chi connectivity index (χ2n) is 3.58. The summed E-state index contributed by atoms with van der Waals surface area (Å²) in [7, 11) is 0. The molecule has 0 saturated heterocycles. The summed E-state index contributed by atoms with van der Waals surface area (Å²) in [6.07, 6.45) is 3.13. The fraction of sp³-hybridized carbons (Fsp3) is 0.167. The first-order valence-corrected chi connectivity index (χ1v) is 5.77. The van der Waals surface area contributed by atoms with Gasteiger partial charge in [0.15, 0.2) is 0 Å². The van der Waals surface area contributed by atoms with Crippen molar-refractivity contribution in [3.05, 3.63) is 62.3 Å². The molecule has 1 aromatic rings. The summed E-state index contributed by atoms with van der Waals surface area (Å²) >= 11 is 3.32. The Morgan fingerprint density at radius 2 is 1.88 bits per heavy atom. The molecule has 0 bridgehead atoms. The van der Waals surface area contributed by atoms with E-state index in [0.29, 0.717) is 6.42 Å². The van der Waals surface area contributed by atoms with Crippen LogP contribution in [-0.4, -0.2) is 4.92 Å². The van der Waals surface area contributed by atoms with E-state index in [2.05, 4.69) is 15.9 Å². The van der Waals surface area contributed by atoms with Gasteiger partial charge >= 0.3 is 0 Å². The second kappa shape index (κ2) is 4.61. The topological polar surface area (TPSA) is 43.1 Å². The van der Waals surface area contributed by atoms with E-state index in [-0.39, 0.29) is 10.6 Å². The Labute approximate surface area is 102 Å². The quantitative estimate of drug-likeness (QED) is 0.611. The van der Waals surface area contributed by atoms with E-state index in [1.54, 1.807) is 6.08 Å². The van der Waals surface area contributed by atoms with Crippen LogP contribution in [-0.2, 0) is 0 Å². The first-order valence-electron chi connectivity index (χ1n) is 4.97. The van der Waals surface area contributed by atoms with Gasteiger partial charge in [-0.15, -0.1) is 0 Å². The van der Waals surface area contributed by atoms with Crippen molar-refractivity contribution in [1.82, 2.24) is 0 Å². The van der Waals surface area contributed by atoms with Gasteiger partial charge < -0.3 is 0 Å². The summed E-state index contributed by atoms with van der Waals surface area (Å²) in [5.41, 5.74) is 1.95. The lowest BCUT2D eigenvalue weighted by Crippen LogP contribution is -2.05. The van der Waals surface area contributed by atoms with Crippen molar-refractivity contribution in [3.63, 3.8) is 0 Å². The average molecular weight is 280 g/mol. The van der Waals surface area contributed by atoms with Gasteiger partial charge in [0.2, 0.25) is 0 Å². The number of allylic oxidation sites excluding steroid dienone is 3. The van der Waals surface area contributed by atoms with E-state index in [9.17, 15) is 10.1 Å². The average Bonchev–Trinajstić information content (AvgIpc) is 2.30. The van der Waals surface area contributed by atoms with Gasteiger partial charge in [0.25, 0.3) is 5.70 Å². The van der Waals surface area contributed by atoms with Crippen LogP contribution < -0.4 is 0 Å². The molecular formula is C12H10BrNO2. The number of nitro groups is 1. The van der Waals surface area contributed by atoms with Crippen LogP contribution in [0.25, 0.3) is 5.57 Å². The number of rotatable bonds is 2. The lowest BCUT2D eigenvalue weighted by atomic mass is 9.95. The first kappa shape index (κ1) is 11.1. The summed E-state index contributed by atoms with van der Waals surface area (Å²) in [5.74, 6) is 0. The molecule has 0 saturated carbocycles. The van der Waals surface area contributed by atoms with Gasteiger partial charge in [-0.25, -0.2) is 0 Å². The Kier molecular flexibility index (Phi) is 3.19. The third kappa shape index (κ3) is 2.22. The molecule has 0 aromatic heterocycles. The Balaban J connectivity index is 2.52. The van der Waals surface area contributed by atoms with E-state index >= 15 is 0 Å². The molecule has 1 aliphatic rings. The highest BCUT2D eigenvalue weighted by atomic mass is 79.9. The van der Waals surface area contributed by atoms with E-state index in [0.717, 1.165) is 22.0 Å². The largest absolute Gasteiger partial charge is 0.273 e. The molecule has 2 rings (SSSR count). The van der Waals surface area contributed by atoms with Crippen molar-refractivity contribution >= 4 is 21.5 Å². The third-order valence-corrected chi connectivity index (χ3v) is 3.16. The Bertz CT molecular complexity index is 477. The molecule has 16 heavy (non-hydrogen) atoms. The summed E-state index contributed by atoms with van der Waals surface area (Å²) < 4.78 is 0.888. The van der Waals surface area contributed by atoms with Gasteiger partial charge in [0, 0.05) is 16.1 Å². The first-order chi connectivity index (χ1) is 7.68. The number of benzene rings is 1. The molecule has 1 aromatic carbocycles. The molecule has 0 spiro atoms. The Hall–Kier alpha value is -1.42. The van der Waals surface area contributed by atoms with Crippen molar-refractivity contribution in [2.24, 2.45) is 0 Å². The molecule has 0 N–H and O–H groups in total. The van der Waals surface area contributed by atoms with Crippen molar-refractivity contribution < 1.29 is 4.92 Å². The highest BCUT2D eigenvalue weighted by molar-refractivity contribution is 9.11. The van der Waals surface area contributed by atoms with Gasteiger partial charge in [-0.3, -0.25) is 10.1 Å². The van der Waals surface area contributed by atoms with Gasteiger partial charge in [-0.2, -0.15) is 0 Å². The maximum absolute atomic E-state index is 11.0. The molecule has 1 aliphatic carbocycles. The number of halogens is 1. The number of hydrogen-bond donors (Lipinski definition) is 0. The SMILES string of the molecule is O=[N+]([O-])C1=C(c2ccccc2)CCC(Br)=C1. The van der Waals surface area contributed by atoms with Crippen molar-refractivity contribution in [1.29, 1.82) is 0 Å². The van der Waals surface area contributed by atoms with Crippen LogP contribution in [0.5, 0.6) is 0 Å². The minimum atomic E-state index is -0.317. The highest BCUT2D eigenvalue weighted by Crippen LogP contribution is 2.33.